The van der Waals surface area contributed by atoms with E-state index in [1.165, 1.54) is 0 Å². The molecular weight excluding hydrogens is 254 g/mol. The molecule has 1 saturated carbocycles. The van der Waals surface area contributed by atoms with Crippen molar-refractivity contribution in [3.63, 3.8) is 0 Å². The van der Waals surface area contributed by atoms with Gasteiger partial charge in [0.05, 0.1) is 11.8 Å². The zero-order valence-electron chi connectivity index (χ0n) is 11.9. The van der Waals surface area contributed by atoms with E-state index in [2.05, 4.69) is 12.2 Å². The molecule has 20 heavy (non-hydrogen) atoms. The van der Waals surface area contributed by atoms with Crippen LogP contribution in [0.15, 0.2) is 24.3 Å². The van der Waals surface area contributed by atoms with E-state index < -0.39 is 17.8 Å². The highest BCUT2D eigenvalue weighted by atomic mass is 16.4. The second-order valence-electron chi connectivity index (χ2n) is 5.67. The highest BCUT2D eigenvalue weighted by Gasteiger charge is 2.41. The number of nitrogens with one attached hydrogen (secondary N) is 1. The molecule has 0 bridgehead atoms. The number of aliphatic carboxylic acids is 1. The summed E-state index contributed by atoms with van der Waals surface area (Å²) in [5, 5.41) is 12.1. The molecule has 0 aliphatic heterocycles. The number of aryl methyl sites for hydroxylation is 1. The van der Waals surface area contributed by atoms with Crippen LogP contribution in [0, 0.1) is 17.8 Å². The van der Waals surface area contributed by atoms with Crippen LogP contribution in [0.3, 0.4) is 0 Å². The van der Waals surface area contributed by atoms with Crippen LogP contribution in [0.2, 0.25) is 0 Å². The van der Waals surface area contributed by atoms with E-state index in [-0.39, 0.29) is 11.8 Å². The Hall–Kier alpha value is -1.84. The summed E-state index contributed by atoms with van der Waals surface area (Å²) in [6.45, 7) is 4.06. The van der Waals surface area contributed by atoms with Crippen molar-refractivity contribution >= 4 is 17.6 Å². The first kappa shape index (κ1) is 14.6. The van der Waals surface area contributed by atoms with Crippen molar-refractivity contribution in [1.82, 2.24) is 0 Å². The van der Waals surface area contributed by atoms with Gasteiger partial charge in [-0.3, -0.25) is 9.59 Å². The normalized spacial score (nSPS) is 25.4. The number of benzene rings is 1. The summed E-state index contributed by atoms with van der Waals surface area (Å²) >= 11 is 0. The van der Waals surface area contributed by atoms with Gasteiger partial charge < -0.3 is 10.4 Å². The first-order valence-corrected chi connectivity index (χ1v) is 7.13. The lowest BCUT2D eigenvalue weighted by atomic mass is 9.95. The molecule has 0 radical (unpaired) electrons. The van der Waals surface area contributed by atoms with Crippen LogP contribution >= 0.6 is 0 Å². The Morgan fingerprint density at radius 2 is 2.00 bits per heavy atom. The third kappa shape index (κ3) is 3.18. The summed E-state index contributed by atoms with van der Waals surface area (Å²) in [5.74, 6) is -1.73. The summed E-state index contributed by atoms with van der Waals surface area (Å²) in [4.78, 5) is 23.5. The number of rotatable bonds is 4. The molecule has 2 rings (SSSR count). The summed E-state index contributed by atoms with van der Waals surface area (Å²) in [6, 6.07) is 7.69. The van der Waals surface area contributed by atoms with E-state index in [9.17, 15) is 14.7 Å². The Labute approximate surface area is 119 Å². The summed E-state index contributed by atoms with van der Waals surface area (Å²) < 4.78 is 0. The maximum atomic E-state index is 12.3. The average molecular weight is 275 g/mol. The van der Waals surface area contributed by atoms with Gasteiger partial charge >= 0.3 is 5.97 Å². The van der Waals surface area contributed by atoms with E-state index in [0.29, 0.717) is 12.8 Å². The van der Waals surface area contributed by atoms with Crippen LogP contribution in [-0.4, -0.2) is 17.0 Å². The zero-order chi connectivity index (χ0) is 14.7. The third-order valence-corrected chi connectivity index (χ3v) is 4.06. The number of carbonyl (C=O) groups excluding carboxylic acids is 1. The molecule has 0 saturated heterocycles. The van der Waals surface area contributed by atoms with Crippen molar-refractivity contribution < 1.29 is 14.7 Å². The monoisotopic (exact) mass is 275 g/mol. The van der Waals surface area contributed by atoms with Gasteiger partial charge in [0.25, 0.3) is 0 Å². The molecule has 1 aromatic rings. The maximum Gasteiger partial charge on any atom is 0.307 e. The molecule has 1 amide bonds. The van der Waals surface area contributed by atoms with E-state index in [4.69, 9.17) is 0 Å². The lowest BCUT2D eigenvalue weighted by Crippen LogP contribution is -2.30. The van der Waals surface area contributed by atoms with Gasteiger partial charge in [0.2, 0.25) is 5.91 Å². The van der Waals surface area contributed by atoms with Gasteiger partial charge in [0.1, 0.15) is 0 Å². The smallest absolute Gasteiger partial charge is 0.307 e. The Balaban J connectivity index is 2.09. The van der Waals surface area contributed by atoms with E-state index >= 15 is 0 Å². The number of carbonyl (C=O) groups is 2. The van der Waals surface area contributed by atoms with E-state index in [0.717, 1.165) is 17.7 Å². The van der Waals surface area contributed by atoms with E-state index in [1.807, 2.05) is 31.2 Å². The minimum Gasteiger partial charge on any atom is -0.481 e. The van der Waals surface area contributed by atoms with Crippen molar-refractivity contribution in [1.29, 1.82) is 0 Å². The molecule has 1 aliphatic rings. The van der Waals surface area contributed by atoms with Crippen molar-refractivity contribution in [3.05, 3.63) is 29.8 Å². The topological polar surface area (TPSA) is 66.4 Å². The van der Waals surface area contributed by atoms with Crippen molar-refractivity contribution in [2.24, 2.45) is 17.8 Å². The van der Waals surface area contributed by atoms with Crippen LogP contribution in [0.5, 0.6) is 0 Å². The zero-order valence-corrected chi connectivity index (χ0v) is 11.9. The van der Waals surface area contributed by atoms with Gasteiger partial charge in [-0.1, -0.05) is 26.0 Å². The number of carboxylic acid groups (broad SMARTS) is 1. The molecule has 1 aliphatic carbocycles. The van der Waals surface area contributed by atoms with Crippen LogP contribution in [-0.2, 0) is 16.0 Å². The molecule has 1 fully saturated rings. The SMILES string of the molecule is CCc1cccc(NC(=O)C2CC(C)CC2C(=O)O)c1. The minimum absolute atomic E-state index is 0.171. The van der Waals surface area contributed by atoms with Crippen molar-refractivity contribution in [2.45, 2.75) is 33.1 Å². The highest BCUT2D eigenvalue weighted by Crippen LogP contribution is 2.37. The molecule has 3 unspecified atom stereocenters. The number of carboxylic acids is 1. The van der Waals surface area contributed by atoms with Crippen LogP contribution in [0.4, 0.5) is 5.69 Å². The quantitative estimate of drug-likeness (QED) is 0.887. The fourth-order valence-corrected chi connectivity index (χ4v) is 2.96. The van der Waals surface area contributed by atoms with Gasteiger partial charge in [0, 0.05) is 5.69 Å². The minimum atomic E-state index is -0.864. The third-order valence-electron chi connectivity index (χ3n) is 4.06. The maximum absolute atomic E-state index is 12.3. The first-order chi connectivity index (χ1) is 9.51. The largest absolute Gasteiger partial charge is 0.481 e. The van der Waals surface area contributed by atoms with Gasteiger partial charge in [0.15, 0.2) is 0 Å². The second kappa shape index (κ2) is 6.07. The predicted molar refractivity (Wildman–Crippen MR) is 77.5 cm³/mol. The molecular formula is C16H21NO3. The average Bonchev–Trinajstić information content (AvgIpc) is 2.81. The molecule has 0 spiro atoms. The van der Waals surface area contributed by atoms with Crippen LogP contribution in [0.25, 0.3) is 0 Å². The molecule has 1 aromatic carbocycles. The molecule has 0 aromatic heterocycles. The standard InChI is InChI=1S/C16H21NO3/c1-3-11-5-4-6-12(9-11)17-15(18)13-7-10(2)8-14(13)16(19)20/h4-6,9-10,13-14H,3,7-8H2,1-2H3,(H,17,18)(H,19,20). The molecule has 2 N–H and O–H groups in total. The van der Waals surface area contributed by atoms with E-state index in [1.54, 1.807) is 0 Å². The fourth-order valence-electron chi connectivity index (χ4n) is 2.96. The van der Waals surface area contributed by atoms with Crippen molar-refractivity contribution in [3.8, 4) is 0 Å². The van der Waals surface area contributed by atoms with Crippen molar-refractivity contribution in [2.75, 3.05) is 5.32 Å². The lowest BCUT2D eigenvalue weighted by molar-refractivity contribution is -0.145. The Morgan fingerprint density at radius 3 is 2.65 bits per heavy atom. The number of anilines is 1. The predicted octanol–water partition coefficient (Wildman–Crippen LogP) is 2.93. The molecule has 108 valence electrons. The second-order valence-corrected chi connectivity index (χ2v) is 5.67. The van der Waals surface area contributed by atoms with Crippen LogP contribution < -0.4 is 5.32 Å². The first-order valence-electron chi connectivity index (χ1n) is 7.13. The van der Waals surface area contributed by atoms with Gasteiger partial charge in [-0.25, -0.2) is 0 Å². The number of hydrogen-bond donors (Lipinski definition) is 2. The molecule has 0 heterocycles. The summed E-state index contributed by atoms with van der Waals surface area (Å²) in [6.07, 6.45) is 2.14. The van der Waals surface area contributed by atoms with Crippen LogP contribution in [0.1, 0.15) is 32.3 Å². The molecule has 4 nitrogen and oxygen atoms in total. The Morgan fingerprint density at radius 1 is 1.30 bits per heavy atom. The van der Waals surface area contributed by atoms with Gasteiger partial charge in [-0.05, 0) is 42.9 Å². The summed E-state index contributed by atoms with van der Waals surface area (Å²) in [5.41, 5.74) is 1.90. The summed E-state index contributed by atoms with van der Waals surface area (Å²) in [7, 11) is 0. The number of amides is 1. The fraction of sp³-hybridized carbons (Fsp3) is 0.500. The number of hydrogen-bond acceptors (Lipinski definition) is 2. The molecule has 3 atom stereocenters. The Kier molecular flexibility index (Phi) is 4.42. The molecule has 4 heteroatoms. The van der Waals surface area contributed by atoms with Gasteiger partial charge in [-0.2, -0.15) is 0 Å². The van der Waals surface area contributed by atoms with Gasteiger partial charge in [-0.15, -0.1) is 0 Å². The lowest BCUT2D eigenvalue weighted by Gasteiger charge is -2.15. The Bertz CT molecular complexity index is 512. The highest BCUT2D eigenvalue weighted by molar-refractivity contribution is 5.95.